The third-order valence-electron chi connectivity index (χ3n) is 4.92. The molecule has 0 spiro atoms. The van der Waals surface area contributed by atoms with Crippen LogP contribution < -0.4 is 0 Å². The van der Waals surface area contributed by atoms with Crippen molar-refractivity contribution in [2.75, 3.05) is 13.2 Å². The van der Waals surface area contributed by atoms with E-state index in [9.17, 15) is 13.5 Å². The summed E-state index contributed by atoms with van der Waals surface area (Å²) >= 11 is 0. The SMILES string of the molecule is CCCCO[C@H]1[C@H]2OC(C)(C)O[C@H]2O[C@@H]1[C@H](O)COS(=O)(=O)c1ccc(C)cc1. The molecule has 0 bridgehead atoms. The second-order valence-corrected chi connectivity index (χ2v) is 9.49. The first-order chi connectivity index (χ1) is 13.6. The summed E-state index contributed by atoms with van der Waals surface area (Å²) in [6.07, 6.45) is -2.04. The van der Waals surface area contributed by atoms with Crippen molar-refractivity contribution in [2.45, 2.75) is 81.9 Å². The summed E-state index contributed by atoms with van der Waals surface area (Å²) in [4.78, 5) is 0.0312. The van der Waals surface area contributed by atoms with Crippen LogP contribution in [0.25, 0.3) is 0 Å². The Morgan fingerprint density at radius 3 is 2.55 bits per heavy atom. The average molecular weight is 431 g/mol. The number of hydrogen-bond acceptors (Lipinski definition) is 8. The Kier molecular flexibility index (Phi) is 6.99. The fourth-order valence-electron chi connectivity index (χ4n) is 3.39. The predicted molar refractivity (Wildman–Crippen MR) is 104 cm³/mol. The van der Waals surface area contributed by atoms with Crippen LogP contribution in [0.2, 0.25) is 0 Å². The molecular formula is C20H30O8S. The van der Waals surface area contributed by atoms with E-state index in [0.29, 0.717) is 6.61 Å². The van der Waals surface area contributed by atoms with Gasteiger partial charge in [0.25, 0.3) is 10.1 Å². The zero-order valence-electron chi connectivity index (χ0n) is 17.2. The van der Waals surface area contributed by atoms with Crippen LogP contribution >= 0.6 is 0 Å². The average Bonchev–Trinajstić information content (AvgIpc) is 3.13. The van der Waals surface area contributed by atoms with Crippen LogP contribution in [0.4, 0.5) is 0 Å². The van der Waals surface area contributed by atoms with Crippen molar-refractivity contribution in [2.24, 2.45) is 0 Å². The number of aliphatic hydroxyl groups excluding tert-OH is 1. The van der Waals surface area contributed by atoms with Gasteiger partial charge in [-0.3, -0.25) is 4.18 Å². The minimum absolute atomic E-state index is 0.0312. The van der Waals surface area contributed by atoms with Gasteiger partial charge in [-0.1, -0.05) is 31.0 Å². The van der Waals surface area contributed by atoms with Gasteiger partial charge in [-0.05, 0) is 39.3 Å². The number of hydrogen-bond donors (Lipinski definition) is 1. The highest BCUT2D eigenvalue weighted by atomic mass is 32.2. The molecule has 0 aliphatic carbocycles. The molecule has 2 aliphatic heterocycles. The summed E-state index contributed by atoms with van der Waals surface area (Å²) in [5.74, 6) is -0.817. The van der Waals surface area contributed by atoms with Crippen molar-refractivity contribution in [1.82, 2.24) is 0 Å². The molecule has 0 amide bonds. The normalized spacial score (nSPS) is 29.7. The van der Waals surface area contributed by atoms with Crippen LogP contribution in [-0.2, 0) is 33.2 Å². The van der Waals surface area contributed by atoms with Gasteiger partial charge in [0.15, 0.2) is 12.1 Å². The number of aryl methyl sites for hydroxylation is 1. The van der Waals surface area contributed by atoms with Gasteiger partial charge in [0.2, 0.25) is 0 Å². The molecule has 0 aromatic heterocycles. The summed E-state index contributed by atoms with van der Waals surface area (Å²) in [5.41, 5.74) is 0.935. The third kappa shape index (κ3) is 5.35. The molecule has 2 saturated heterocycles. The van der Waals surface area contributed by atoms with Crippen molar-refractivity contribution in [1.29, 1.82) is 0 Å². The van der Waals surface area contributed by atoms with Crippen LogP contribution in [0.15, 0.2) is 29.2 Å². The molecule has 1 N–H and O–H groups in total. The minimum atomic E-state index is -4.00. The summed E-state index contributed by atoms with van der Waals surface area (Å²) in [6.45, 7) is 7.48. The molecule has 0 radical (unpaired) electrons. The number of unbranched alkanes of at least 4 members (excludes halogenated alkanes) is 1. The maximum Gasteiger partial charge on any atom is 0.297 e. The Bertz CT molecular complexity index is 776. The first kappa shape index (κ1) is 22.6. The maximum absolute atomic E-state index is 12.4. The highest BCUT2D eigenvalue weighted by Crippen LogP contribution is 2.39. The first-order valence-corrected chi connectivity index (χ1v) is 11.3. The van der Waals surface area contributed by atoms with Crippen molar-refractivity contribution in [3.05, 3.63) is 29.8 Å². The smallest absolute Gasteiger partial charge is 0.297 e. The summed E-state index contributed by atoms with van der Waals surface area (Å²) in [7, 11) is -4.00. The van der Waals surface area contributed by atoms with Crippen molar-refractivity contribution in [3.63, 3.8) is 0 Å². The van der Waals surface area contributed by atoms with E-state index in [2.05, 4.69) is 0 Å². The van der Waals surface area contributed by atoms with E-state index in [1.807, 2.05) is 13.8 Å². The zero-order valence-corrected chi connectivity index (χ0v) is 18.1. The lowest BCUT2D eigenvalue weighted by atomic mass is 10.1. The second-order valence-electron chi connectivity index (χ2n) is 7.88. The lowest BCUT2D eigenvalue weighted by Crippen LogP contribution is -2.44. The molecule has 2 fully saturated rings. The molecule has 29 heavy (non-hydrogen) atoms. The van der Waals surface area contributed by atoms with E-state index in [1.54, 1.807) is 26.0 Å². The number of aliphatic hydroxyl groups is 1. The lowest BCUT2D eigenvalue weighted by Gasteiger charge is -2.28. The Morgan fingerprint density at radius 2 is 1.90 bits per heavy atom. The van der Waals surface area contributed by atoms with Gasteiger partial charge in [0.1, 0.15) is 24.4 Å². The molecule has 164 valence electrons. The van der Waals surface area contributed by atoms with Crippen LogP contribution in [0.3, 0.4) is 0 Å². The maximum atomic E-state index is 12.4. The molecular weight excluding hydrogens is 400 g/mol. The van der Waals surface area contributed by atoms with Gasteiger partial charge < -0.3 is 24.1 Å². The summed E-state index contributed by atoms with van der Waals surface area (Å²) in [6, 6.07) is 6.30. The van der Waals surface area contributed by atoms with E-state index in [0.717, 1.165) is 18.4 Å². The summed E-state index contributed by atoms with van der Waals surface area (Å²) in [5, 5.41) is 10.6. The van der Waals surface area contributed by atoms with E-state index in [1.165, 1.54) is 12.1 Å². The van der Waals surface area contributed by atoms with Crippen molar-refractivity contribution in [3.8, 4) is 0 Å². The minimum Gasteiger partial charge on any atom is -0.388 e. The quantitative estimate of drug-likeness (QED) is 0.470. The lowest BCUT2D eigenvalue weighted by molar-refractivity contribution is -0.230. The standard InChI is InChI=1S/C20H30O8S/c1-5-6-11-24-17-16(26-19-18(17)27-20(3,4)28-19)15(21)12-25-29(22,23)14-9-7-13(2)8-10-14/h7-10,15-19,21H,5-6,11-12H2,1-4H3/t15-,16-,17-,18-,19-/m1/s1. The van der Waals surface area contributed by atoms with Gasteiger partial charge in [-0.2, -0.15) is 8.42 Å². The fraction of sp³-hybridized carbons (Fsp3) is 0.700. The number of fused-ring (bicyclic) bond motifs is 1. The van der Waals surface area contributed by atoms with Gasteiger partial charge in [-0.15, -0.1) is 0 Å². The first-order valence-electron chi connectivity index (χ1n) is 9.90. The van der Waals surface area contributed by atoms with Gasteiger partial charge in [-0.25, -0.2) is 0 Å². The predicted octanol–water partition coefficient (Wildman–Crippen LogP) is 2.12. The van der Waals surface area contributed by atoms with Gasteiger partial charge in [0.05, 0.1) is 11.5 Å². The Morgan fingerprint density at radius 1 is 1.21 bits per heavy atom. The molecule has 8 nitrogen and oxygen atoms in total. The highest BCUT2D eigenvalue weighted by molar-refractivity contribution is 7.86. The summed E-state index contributed by atoms with van der Waals surface area (Å²) < 4.78 is 53.2. The van der Waals surface area contributed by atoms with Gasteiger partial charge >= 0.3 is 0 Å². The van der Waals surface area contributed by atoms with Crippen LogP contribution in [0.1, 0.15) is 39.2 Å². The fourth-order valence-corrected chi connectivity index (χ4v) is 4.32. The van der Waals surface area contributed by atoms with E-state index >= 15 is 0 Å². The van der Waals surface area contributed by atoms with Gasteiger partial charge in [0, 0.05) is 6.61 Å². The number of ether oxygens (including phenoxy) is 4. The van der Waals surface area contributed by atoms with Crippen molar-refractivity contribution < 1.29 is 36.7 Å². The van der Waals surface area contributed by atoms with E-state index in [-0.39, 0.29) is 4.90 Å². The van der Waals surface area contributed by atoms with Crippen LogP contribution in [0.5, 0.6) is 0 Å². The largest absolute Gasteiger partial charge is 0.388 e. The molecule has 9 heteroatoms. The molecule has 0 saturated carbocycles. The molecule has 1 aromatic carbocycles. The van der Waals surface area contributed by atoms with Crippen LogP contribution in [-0.4, -0.2) is 63.2 Å². The van der Waals surface area contributed by atoms with E-state index < -0.39 is 53.2 Å². The Labute approximate surface area is 172 Å². The molecule has 1 aromatic rings. The van der Waals surface area contributed by atoms with E-state index in [4.69, 9.17) is 23.1 Å². The second kappa shape index (κ2) is 8.97. The Balaban J connectivity index is 1.65. The third-order valence-corrected chi connectivity index (χ3v) is 6.21. The monoisotopic (exact) mass is 430 g/mol. The van der Waals surface area contributed by atoms with Crippen molar-refractivity contribution >= 4 is 10.1 Å². The number of benzene rings is 1. The number of rotatable bonds is 9. The van der Waals surface area contributed by atoms with Crippen LogP contribution in [0, 0.1) is 6.92 Å². The molecule has 2 heterocycles. The molecule has 3 rings (SSSR count). The highest BCUT2D eigenvalue weighted by Gasteiger charge is 2.57. The molecule has 0 unspecified atom stereocenters. The zero-order chi connectivity index (χ0) is 21.2. The topological polar surface area (TPSA) is 101 Å². The molecule has 5 atom stereocenters. The Hall–Kier alpha value is -1.07. The molecule has 2 aliphatic rings.